The summed E-state index contributed by atoms with van der Waals surface area (Å²) >= 11 is 0. The molecule has 0 fully saturated rings. The summed E-state index contributed by atoms with van der Waals surface area (Å²) in [6.07, 6.45) is 3.48. The molecule has 9 heteroatoms. The third-order valence-electron chi connectivity index (χ3n) is 6.91. The summed E-state index contributed by atoms with van der Waals surface area (Å²) in [4.78, 5) is 49.6. The van der Waals surface area contributed by atoms with Crippen molar-refractivity contribution in [3.63, 3.8) is 0 Å². The van der Waals surface area contributed by atoms with Gasteiger partial charge in [-0.2, -0.15) is 0 Å². The lowest BCUT2D eigenvalue weighted by Gasteiger charge is -2.26. The highest BCUT2D eigenvalue weighted by Gasteiger charge is 2.31. The van der Waals surface area contributed by atoms with Crippen LogP contribution in [0.2, 0.25) is 0 Å². The molecule has 0 saturated carbocycles. The molecule has 0 aliphatic heterocycles. The number of aliphatic carboxylic acids is 1. The second kappa shape index (κ2) is 16.9. The van der Waals surface area contributed by atoms with E-state index in [1.54, 1.807) is 26.8 Å². The number of rotatable bonds is 17. The Bertz CT molecular complexity index is 962. The molecule has 1 aromatic carbocycles. The second-order valence-corrected chi connectivity index (χ2v) is 10.7. The van der Waals surface area contributed by atoms with Crippen molar-refractivity contribution in [1.29, 1.82) is 0 Å². The van der Waals surface area contributed by atoms with Gasteiger partial charge in [0.1, 0.15) is 6.04 Å². The zero-order valence-corrected chi connectivity index (χ0v) is 24.5. The zero-order valence-electron chi connectivity index (χ0n) is 24.5. The van der Waals surface area contributed by atoms with E-state index in [0.29, 0.717) is 18.4 Å². The average Bonchev–Trinajstić information content (AvgIpc) is 2.87. The number of hydrogen-bond acceptors (Lipinski definition) is 8. The number of ether oxygens (including phenoxy) is 3. The van der Waals surface area contributed by atoms with Gasteiger partial charge in [-0.05, 0) is 49.8 Å². The molecule has 0 bridgehead atoms. The van der Waals surface area contributed by atoms with Crippen LogP contribution in [-0.2, 0) is 23.9 Å². The topological polar surface area (TPSA) is 142 Å². The highest BCUT2D eigenvalue weighted by molar-refractivity contribution is 5.79. The van der Waals surface area contributed by atoms with Gasteiger partial charge >= 0.3 is 23.9 Å². The summed E-state index contributed by atoms with van der Waals surface area (Å²) in [7, 11) is 0. The van der Waals surface area contributed by atoms with Crippen LogP contribution in [0.1, 0.15) is 105 Å². The summed E-state index contributed by atoms with van der Waals surface area (Å²) in [5, 5.41) is 9.70. The van der Waals surface area contributed by atoms with E-state index in [-0.39, 0.29) is 48.1 Å². The molecule has 0 saturated heterocycles. The second-order valence-electron chi connectivity index (χ2n) is 10.7. The Morgan fingerprint density at radius 3 is 1.90 bits per heavy atom. The van der Waals surface area contributed by atoms with Crippen LogP contribution in [0.5, 0.6) is 11.5 Å². The van der Waals surface area contributed by atoms with E-state index < -0.39 is 36.0 Å². The van der Waals surface area contributed by atoms with Crippen molar-refractivity contribution < 1.29 is 38.5 Å². The van der Waals surface area contributed by atoms with Crippen molar-refractivity contribution >= 4 is 23.9 Å². The molecule has 0 spiro atoms. The lowest BCUT2D eigenvalue weighted by atomic mass is 9.87. The molecule has 220 valence electrons. The Labute approximate surface area is 232 Å². The Morgan fingerprint density at radius 2 is 1.41 bits per heavy atom. The van der Waals surface area contributed by atoms with Gasteiger partial charge < -0.3 is 25.1 Å². The van der Waals surface area contributed by atoms with Crippen molar-refractivity contribution in [3.05, 3.63) is 23.8 Å². The fraction of sp³-hybridized carbons (Fsp3) is 0.667. The van der Waals surface area contributed by atoms with Crippen LogP contribution < -0.4 is 15.2 Å². The molecular formula is C30H47NO8. The van der Waals surface area contributed by atoms with Crippen LogP contribution in [0, 0.1) is 17.8 Å². The van der Waals surface area contributed by atoms with Crippen LogP contribution in [-0.4, -0.2) is 41.1 Å². The van der Waals surface area contributed by atoms with Gasteiger partial charge in [0.25, 0.3) is 0 Å². The van der Waals surface area contributed by atoms with Gasteiger partial charge in [-0.15, -0.1) is 0 Å². The molecule has 0 amide bonds. The number of carboxylic acids is 1. The molecule has 0 aliphatic carbocycles. The maximum Gasteiger partial charge on any atom is 0.321 e. The number of esters is 3. The van der Waals surface area contributed by atoms with E-state index in [4.69, 9.17) is 19.9 Å². The third-order valence-corrected chi connectivity index (χ3v) is 6.91. The van der Waals surface area contributed by atoms with Crippen LogP contribution in [0.4, 0.5) is 0 Å². The highest BCUT2D eigenvalue weighted by atomic mass is 16.6. The maximum absolute atomic E-state index is 12.8. The minimum Gasteiger partial charge on any atom is -0.480 e. The van der Waals surface area contributed by atoms with Gasteiger partial charge in [-0.1, -0.05) is 66.9 Å². The highest BCUT2D eigenvalue weighted by Crippen LogP contribution is 2.35. The Kier molecular flexibility index (Phi) is 14.8. The van der Waals surface area contributed by atoms with E-state index >= 15 is 0 Å². The van der Waals surface area contributed by atoms with Crippen molar-refractivity contribution in [1.82, 2.24) is 0 Å². The van der Waals surface area contributed by atoms with Gasteiger partial charge in [0.05, 0.1) is 17.9 Å². The van der Waals surface area contributed by atoms with E-state index in [1.807, 2.05) is 27.7 Å². The molecule has 9 nitrogen and oxygen atoms in total. The molecule has 1 aromatic rings. The van der Waals surface area contributed by atoms with Crippen LogP contribution in [0.3, 0.4) is 0 Å². The fourth-order valence-corrected chi connectivity index (χ4v) is 4.21. The molecule has 0 aliphatic rings. The lowest BCUT2D eigenvalue weighted by molar-refractivity contribution is -0.150. The number of nitrogens with two attached hydrogens (primary N) is 1. The molecular weight excluding hydrogens is 502 g/mol. The number of carbonyl (C=O) groups excluding carboxylic acids is 3. The molecule has 0 heterocycles. The van der Waals surface area contributed by atoms with Crippen LogP contribution in [0.15, 0.2) is 18.2 Å². The summed E-state index contributed by atoms with van der Waals surface area (Å²) < 4.78 is 16.8. The van der Waals surface area contributed by atoms with Crippen molar-refractivity contribution in [2.24, 2.45) is 23.5 Å². The lowest BCUT2D eigenvalue weighted by Crippen LogP contribution is -2.38. The average molecular weight is 550 g/mol. The largest absolute Gasteiger partial charge is 0.480 e. The molecule has 3 N–H and O–H groups in total. The minimum atomic E-state index is -1.32. The van der Waals surface area contributed by atoms with E-state index in [0.717, 1.165) is 19.3 Å². The Hall–Kier alpha value is -2.94. The number of carbonyl (C=O) groups is 4. The first-order chi connectivity index (χ1) is 18.3. The summed E-state index contributed by atoms with van der Waals surface area (Å²) in [6, 6.07) is 3.26. The monoisotopic (exact) mass is 549 g/mol. The van der Waals surface area contributed by atoms with Crippen molar-refractivity contribution in [2.45, 2.75) is 111 Å². The van der Waals surface area contributed by atoms with E-state index in [2.05, 4.69) is 0 Å². The zero-order chi connectivity index (χ0) is 29.7. The number of carboxylic acid groups (broad SMARTS) is 1. The smallest absolute Gasteiger partial charge is 0.321 e. The van der Waals surface area contributed by atoms with Gasteiger partial charge in [0, 0.05) is 12.3 Å². The quantitative estimate of drug-likeness (QED) is 0.187. The third kappa shape index (κ3) is 11.4. The Morgan fingerprint density at radius 1 is 0.872 bits per heavy atom. The normalized spacial score (nSPS) is 15.8. The number of benzene rings is 1. The molecule has 0 aromatic heterocycles. The van der Waals surface area contributed by atoms with Gasteiger partial charge in [-0.25, -0.2) is 0 Å². The van der Waals surface area contributed by atoms with Gasteiger partial charge in [-0.3, -0.25) is 19.2 Å². The van der Waals surface area contributed by atoms with Gasteiger partial charge in [0.2, 0.25) is 0 Å². The molecule has 5 unspecified atom stereocenters. The predicted octanol–water partition coefficient (Wildman–Crippen LogP) is 5.62. The van der Waals surface area contributed by atoms with E-state index in [9.17, 15) is 24.3 Å². The summed E-state index contributed by atoms with van der Waals surface area (Å²) in [5.74, 6) is -3.78. The summed E-state index contributed by atoms with van der Waals surface area (Å²) in [5.41, 5.74) is 6.53. The summed E-state index contributed by atoms with van der Waals surface area (Å²) in [6.45, 7) is 13.1. The van der Waals surface area contributed by atoms with Crippen molar-refractivity contribution in [3.8, 4) is 11.5 Å². The van der Waals surface area contributed by atoms with Gasteiger partial charge in [0.15, 0.2) is 11.5 Å². The first-order valence-corrected chi connectivity index (χ1v) is 14.1. The number of hydrogen-bond donors (Lipinski definition) is 2. The first kappa shape index (κ1) is 34.1. The van der Waals surface area contributed by atoms with Crippen LogP contribution in [0.25, 0.3) is 0 Å². The molecule has 39 heavy (non-hydrogen) atoms. The first-order valence-electron chi connectivity index (χ1n) is 14.1. The predicted molar refractivity (Wildman–Crippen MR) is 148 cm³/mol. The maximum atomic E-state index is 12.8. The standard InChI is InChI=1S/C30H47NO8/c1-8-11-19(5)29(35)38-24-14-13-22(17-25(24)39-30(36)20(6)12-9-2)23(27(31)28(33)34)16-21(7)37-26(32)15-18(4)10-3/h13-14,17-21,23,27H,8-12,15-16,31H2,1-7H3,(H,33,34)/t18?,19?,20?,21?,23?,27-/m0/s1. The van der Waals surface area contributed by atoms with Crippen LogP contribution >= 0.6 is 0 Å². The molecule has 1 rings (SSSR count). The SMILES string of the molecule is CCCC(C)C(=O)Oc1ccc(C(CC(C)OC(=O)CC(C)CC)[C@H](N)C(=O)O)cc1OC(=O)C(C)CCC. The molecule has 6 atom stereocenters. The minimum absolute atomic E-state index is 0.0153. The Balaban J connectivity index is 3.36. The fourth-order valence-electron chi connectivity index (χ4n) is 4.21. The molecule has 0 radical (unpaired) electrons. The van der Waals surface area contributed by atoms with E-state index in [1.165, 1.54) is 12.1 Å². The van der Waals surface area contributed by atoms with Crippen molar-refractivity contribution in [2.75, 3.05) is 0 Å².